The van der Waals surface area contributed by atoms with Crippen molar-refractivity contribution in [2.45, 2.75) is 25.3 Å². The third-order valence-electron chi connectivity index (χ3n) is 8.07. The average molecular weight is 648 g/mol. The topological polar surface area (TPSA) is 128 Å². The van der Waals surface area contributed by atoms with Gasteiger partial charge in [0, 0.05) is 55.5 Å². The second kappa shape index (κ2) is 14.4. The van der Waals surface area contributed by atoms with Gasteiger partial charge in [0.05, 0.1) is 13.7 Å². The molecule has 1 saturated heterocycles. The van der Waals surface area contributed by atoms with Gasteiger partial charge < -0.3 is 30.1 Å². The molecule has 0 spiro atoms. The summed E-state index contributed by atoms with van der Waals surface area (Å²) in [6.07, 6.45) is 1.54. The van der Waals surface area contributed by atoms with Gasteiger partial charge in [-0.3, -0.25) is 24.0 Å². The maximum Gasteiger partial charge on any atom is 0.254 e. The van der Waals surface area contributed by atoms with Crippen LogP contribution < -0.4 is 20.3 Å². The molecule has 1 aliphatic heterocycles. The molecule has 1 heterocycles. The summed E-state index contributed by atoms with van der Waals surface area (Å²) in [4.78, 5) is 68.8. The Kier molecular flexibility index (Phi) is 10.1. The number of hydrogen-bond acceptors (Lipinski definition) is 6. The van der Waals surface area contributed by atoms with Gasteiger partial charge in [-0.25, -0.2) is 8.78 Å². The number of anilines is 2. The number of benzene rings is 3. The van der Waals surface area contributed by atoms with E-state index in [0.717, 1.165) is 25.0 Å². The van der Waals surface area contributed by atoms with E-state index in [1.165, 1.54) is 28.9 Å². The number of nitrogens with zero attached hydrogens (tertiary/aromatic N) is 3. The Morgan fingerprint density at radius 2 is 1.62 bits per heavy atom. The molecule has 1 atom stereocenters. The van der Waals surface area contributed by atoms with E-state index in [1.807, 2.05) is 0 Å². The van der Waals surface area contributed by atoms with E-state index in [1.54, 1.807) is 48.5 Å². The Bertz CT molecular complexity index is 1640. The standard InChI is InChI=1S/C34H35F2N5O6/c1-39(27-9-11-28(47-2)12-10-27)34(46)29(17-21-15-24(35)18-25(36)16-21)38-30(42)19-40-13-14-41(20-31(40)43)33(45)23-5-7-26(8-6-23)37-32(44)22-3-4-22/h5-12,15-16,18,22,29H,3-4,13-14,17,19-20H2,1-2H3,(H,37,44)(H,38,42)/t29-/m0/s1. The normalized spacial score (nSPS) is 15.1. The predicted molar refractivity (Wildman–Crippen MR) is 169 cm³/mol. The van der Waals surface area contributed by atoms with Gasteiger partial charge in [-0.2, -0.15) is 0 Å². The Hall–Kier alpha value is -5.33. The fourth-order valence-electron chi connectivity index (χ4n) is 5.26. The fourth-order valence-corrected chi connectivity index (χ4v) is 5.26. The Labute approximate surface area is 270 Å². The van der Waals surface area contributed by atoms with Gasteiger partial charge in [0.15, 0.2) is 0 Å². The number of hydrogen-bond donors (Lipinski definition) is 2. The number of piperazine rings is 1. The van der Waals surface area contributed by atoms with Gasteiger partial charge in [0.1, 0.15) is 30.0 Å². The first-order valence-electron chi connectivity index (χ1n) is 15.1. The molecule has 47 heavy (non-hydrogen) atoms. The molecule has 11 nitrogen and oxygen atoms in total. The molecule has 1 saturated carbocycles. The van der Waals surface area contributed by atoms with Gasteiger partial charge in [0.25, 0.3) is 5.91 Å². The summed E-state index contributed by atoms with van der Waals surface area (Å²) in [7, 11) is 3.01. The highest BCUT2D eigenvalue weighted by Crippen LogP contribution is 2.30. The number of nitrogens with one attached hydrogen (secondary N) is 2. The van der Waals surface area contributed by atoms with Crippen LogP contribution in [0.2, 0.25) is 0 Å². The number of ether oxygens (including phenoxy) is 1. The lowest BCUT2D eigenvalue weighted by molar-refractivity contribution is -0.139. The average Bonchev–Trinajstić information content (AvgIpc) is 3.90. The summed E-state index contributed by atoms with van der Waals surface area (Å²) < 4.78 is 33.1. The van der Waals surface area contributed by atoms with Crippen LogP contribution in [0.4, 0.5) is 20.2 Å². The van der Waals surface area contributed by atoms with Crippen LogP contribution in [-0.4, -0.2) is 85.7 Å². The van der Waals surface area contributed by atoms with E-state index >= 15 is 0 Å². The zero-order valence-electron chi connectivity index (χ0n) is 26.0. The van der Waals surface area contributed by atoms with E-state index in [9.17, 15) is 32.8 Å². The second-order valence-corrected chi connectivity index (χ2v) is 11.6. The minimum absolute atomic E-state index is 0.0439. The molecule has 2 N–H and O–H groups in total. The zero-order chi connectivity index (χ0) is 33.7. The molecule has 2 fully saturated rings. The summed E-state index contributed by atoms with van der Waals surface area (Å²) in [6, 6.07) is 14.7. The van der Waals surface area contributed by atoms with Crippen LogP contribution in [0.15, 0.2) is 66.7 Å². The summed E-state index contributed by atoms with van der Waals surface area (Å²) >= 11 is 0. The Morgan fingerprint density at radius 1 is 0.957 bits per heavy atom. The van der Waals surface area contributed by atoms with E-state index < -0.39 is 35.4 Å². The molecule has 2 aliphatic rings. The molecule has 3 aromatic rings. The minimum atomic E-state index is -1.22. The van der Waals surface area contributed by atoms with Crippen molar-refractivity contribution in [1.82, 2.24) is 15.1 Å². The summed E-state index contributed by atoms with van der Waals surface area (Å²) in [5.74, 6) is -3.09. The van der Waals surface area contributed by atoms with Crippen LogP contribution in [0.5, 0.6) is 5.75 Å². The lowest BCUT2D eigenvalue weighted by Crippen LogP contribution is -2.56. The Morgan fingerprint density at radius 3 is 2.21 bits per heavy atom. The van der Waals surface area contributed by atoms with E-state index in [-0.39, 0.29) is 55.9 Å². The molecule has 3 aromatic carbocycles. The number of carbonyl (C=O) groups excluding carboxylic acids is 5. The van der Waals surface area contributed by atoms with Crippen molar-refractivity contribution < 1.29 is 37.5 Å². The van der Waals surface area contributed by atoms with Crippen LogP contribution in [0, 0.1) is 17.6 Å². The van der Waals surface area contributed by atoms with Crippen molar-refractivity contribution in [2.75, 3.05) is 50.6 Å². The third kappa shape index (κ3) is 8.48. The first kappa shape index (κ1) is 33.0. The van der Waals surface area contributed by atoms with Crippen molar-refractivity contribution >= 4 is 40.9 Å². The first-order valence-corrected chi connectivity index (χ1v) is 15.1. The summed E-state index contributed by atoms with van der Waals surface area (Å²) in [5.41, 5.74) is 1.59. The molecule has 246 valence electrons. The van der Waals surface area contributed by atoms with Crippen LogP contribution >= 0.6 is 0 Å². The van der Waals surface area contributed by atoms with Crippen molar-refractivity contribution in [3.63, 3.8) is 0 Å². The largest absolute Gasteiger partial charge is 0.497 e. The molecule has 13 heteroatoms. The maximum atomic E-state index is 14.0. The quantitative estimate of drug-likeness (QED) is 0.330. The number of likely N-dealkylation sites (N-methyl/N-ethyl adjacent to an activating group) is 1. The first-order chi connectivity index (χ1) is 22.5. The van der Waals surface area contributed by atoms with Crippen molar-refractivity contribution in [3.8, 4) is 5.75 Å². The van der Waals surface area contributed by atoms with Crippen LogP contribution in [0.25, 0.3) is 0 Å². The van der Waals surface area contributed by atoms with Gasteiger partial charge in [-0.15, -0.1) is 0 Å². The van der Waals surface area contributed by atoms with E-state index in [2.05, 4.69) is 10.6 Å². The molecule has 1 aliphatic carbocycles. The minimum Gasteiger partial charge on any atom is -0.497 e. The molecule has 0 radical (unpaired) electrons. The third-order valence-corrected chi connectivity index (χ3v) is 8.07. The molecular formula is C34H35F2N5O6. The predicted octanol–water partition coefficient (Wildman–Crippen LogP) is 3.00. The van der Waals surface area contributed by atoms with Gasteiger partial charge in [0.2, 0.25) is 23.6 Å². The fraction of sp³-hybridized carbons (Fsp3) is 0.324. The highest BCUT2D eigenvalue weighted by molar-refractivity contribution is 6.01. The second-order valence-electron chi connectivity index (χ2n) is 11.6. The maximum absolute atomic E-state index is 14.0. The zero-order valence-corrected chi connectivity index (χ0v) is 26.0. The molecule has 0 bridgehead atoms. The highest BCUT2D eigenvalue weighted by atomic mass is 19.1. The van der Waals surface area contributed by atoms with Crippen LogP contribution in [-0.2, 0) is 25.6 Å². The smallest absolute Gasteiger partial charge is 0.254 e. The van der Waals surface area contributed by atoms with Gasteiger partial charge in [-0.05, 0) is 79.1 Å². The number of amides is 5. The van der Waals surface area contributed by atoms with E-state index in [4.69, 9.17) is 4.74 Å². The molecule has 5 rings (SSSR count). The van der Waals surface area contributed by atoms with E-state index in [0.29, 0.717) is 28.8 Å². The number of methoxy groups -OCH3 is 1. The van der Waals surface area contributed by atoms with Crippen molar-refractivity contribution in [3.05, 3.63) is 89.5 Å². The van der Waals surface area contributed by atoms with Crippen LogP contribution in [0.3, 0.4) is 0 Å². The summed E-state index contributed by atoms with van der Waals surface area (Å²) in [6.45, 7) is -0.392. The van der Waals surface area contributed by atoms with Gasteiger partial charge >= 0.3 is 0 Å². The van der Waals surface area contributed by atoms with Gasteiger partial charge in [-0.1, -0.05) is 0 Å². The molecule has 0 aromatic heterocycles. The number of carbonyl (C=O) groups is 5. The Balaban J connectivity index is 1.20. The number of rotatable bonds is 11. The molecule has 5 amide bonds. The SMILES string of the molecule is COc1ccc(N(C)C(=O)[C@H](Cc2cc(F)cc(F)c2)NC(=O)CN2CCN(C(=O)c3ccc(NC(=O)C4CC4)cc3)CC2=O)cc1. The number of halogens is 2. The summed E-state index contributed by atoms with van der Waals surface area (Å²) in [5, 5.41) is 5.44. The lowest BCUT2D eigenvalue weighted by atomic mass is 10.0. The lowest BCUT2D eigenvalue weighted by Gasteiger charge is -2.34. The van der Waals surface area contributed by atoms with Crippen molar-refractivity contribution in [1.29, 1.82) is 0 Å². The monoisotopic (exact) mass is 647 g/mol. The highest BCUT2D eigenvalue weighted by Gasteiger charge is 2.32. The molecular weight excluding hydrogens is 612 g/mol. The molecule has 0 unspecified atom stereocenters. The van der Waals surface area contributed by atoms with Crippen LogP contribution in [0.1, 0.15) is 28.8 Å². The van der Waals surface area contributed by atoms with Crippen molar-refractivity contribution in [2.24, 2.45) is 5.92 Å².